The van der Waals surface area contributed by atoms with Gasteiger partial charge in [-0.3, -0.25) is 0 Å². The van der Waals surface area contributed by atoms with Crippen molar-refractivity contribution in [1.82, 2.24) is 0 Å². The lowest BCUT2D eigenvalue weighted by Gasteiger charge is -2.27. The molecule has 108 valence electrons. The summed E-state index contributed by atoms with van der Waals surface area (Å²) in [5.74, 6) is 0.634. The van der Waals surface area contributed by atoms with Crippen molar-refractivity contribution in [3.8, 4) is 0 Å². The molecule has 1 aromatic rings. The third-order valence-electron chi connectivity index (χ3n) is 3.28. The molecule has 2 N–H and O–H groups in total. The highest BCUT2D eigenvalue weighted by Gasteiger charge is 2.09. The Hall–Kier alpha value is -1.06. The molecular formula is C16H28N2O. The predicted octanol–water partition coefficient (Wildman–Crippen LogP) is 3.21. The molecule has 0 spiro atoms. The zero-order valence-corrected chi connectivity index (χ0v) is 12.7. The van der Waals surface area contributed by atoms with E-state index in [1.54, 1.807) is 7.11 Å². The minimum Gasteiger partial charge on any atom is -0.383 e. The van der Waals surface area contributed by atoms with Crippen LogP contribution in [-0.4, -0.2) is 26.8 Å². The smallest absolute Gasteiger partial charge is 0.0637 e. The molecule has 0 unspecified atom stereocenters. The van der Waals surface area contributed by atoms with E-state index < -0.39 is 0 Å². The number of benzene rings is 1. The third kappa shape index (κ3) is 5.21. The first-order valence-corrected chi connectivity index (χ1v) is 7.17. The molecule has 0 amide bonds. The van der Waals surface area contributed by atoms with Gasteiger partial charge in [0.2, 0.25) is 0 Å². The molecule has 0 bridgehead atoms. The van der Waals surface area contributed by atoms with Gasteiger partial charge in [-0.25, -0.2) is 0 Å². The summed E-state index contributed by atoms with van der Waals surface area (Å²) in [6, 6.07) is 8.77. The van der Waals surface area contributed by atoms with E-state index in [4.69, 9.17) is 10.5 Å². The van der Waals surface area contributed by atoms with Crippen molar-refractivity contribution in [3.05, 3.63) is 29.8 Å². The molecule has 0 heterocycles. The van der Waals surface area contributed by atoms with Crippen LogP contribution in [-0.2, 0) is 4.74 Å². The van der Waals surface area contributed by atoms with Gasteiger partial charge in [-0.15, -0.1) is 0 Å². The molecule has 3 nitrogen and oxygen atoms in total. The zero-order valence-electron chi connectivity index (χ0n) is 12.7. The van der Waals surface area contributed by atoms with Crippen LogP contribution in [0.15, 0.2) is 24.3 Å². The molecule has 0 aromatic heterocycles. The first kappa shape index (κ1) is 16.0. The van der Waals surface area contributed by atoms with Gasteiger partial charge in [0.05, 0.1) is 6.61 Å². The van der Waals surface area contributed by atoms with Gasteiger partial charge >= 0.3 is 0 Å². The van der Waals surface area contributed by atoms with E-state index in [9.17, 15) is 0 Å². The SMILES string of the molecule is CC[C@H](N)c1ccc(N(CCOC)CC(C)C)cc1. The quantitative estimate of drug-likeness (QED) is 0.783. The molecule has 0 radical (unpaired) electrons. The summed E-state index contributed by atoms with van der Waals surface area (Å²) in [4.78, 5) is 2.37. The van der Waals surface area contributed by atoms with E-state index in [2.05, 4.69) is 49.9 Å². The summed E-state index contributed by atoms with van der Waals surface area (Å²) in [7, 11) is 1.75. The third-order valence-corrected chi connectivity index (χ3v) is 3.28. The van der Waals surface area contributed by atoms with Gasteiger partial charge in [0.25, 0.3) is 0 Å². The van der Waals surface area contributed by atoms with Crippen molar-refractivity contribution in [3.63, 3.8) is 0 Å². The summed E-state index contributed by atoms with van der Waals surface area (Å²) < 4.78 is 5.19. The van der Waals surface area contributed by atoms with Gasteiger partial charge in [0, 0.05) is 31.9 Å². The van der Waals surface area contributed by atoms with E-state index in [0.717, 1.165) is 26.1 Å². The van der Waals surface area contributed by atoms with Crippen molar-refractivity contribution in [2.75, 3.05) is 31.7 Å². The Balaban J connectivity index is 2.77. The molecule has 0 saturated carbocycles. The van der Waals surface area contributed by atoms with Gasteiger partial charge < -0.3 is 15.4 Å². The Morgan fingerprint density at radius 2 is 1.84 bits per heavy atom. The highest BCUT2D eigenvalue weighted by Crippen LogP contribution is 2.20. The summed E-state index contributed by atoms with van der Waals surface area (Å²) in [5.41, 5.74) is 8.51. The van der Waals surface area contributed by atoms with Crippen molar-refractivity contribution in [2.45, 2.75) is 33.2 Å². The average Bonchev–Trinajstić information content (AvgIpc) is 2.42. The first-order valence-electron chi connectivity index (χ1n) is 7.17. The fourth-order valence-electron chi connectivity index (χ4n) is 2.14. The van der Waals surface area contributed by atoms with Crippen LogP contribution in [0.2, 0.25) is 0 Å². The van der Waals surface area contributed by atoms with Crippen LogP contribution in [0.5, 0.6) is 0 Å². The Morgan fingerprint density at radius 1 is 1.21 bits per heavy atom. The standard InChI is InChI=1S/C16H28N2O/c1-5-16(17)14-6-8-15(9-7-14)18(10-11-19-4)12-13(2)3/h6-9,13,16H,5,10-12,17H2,1-4H3/t16-/m0/s1. The molecule has 3 heteroatoms. The molecular weight excluding hydrogens is 236 g/mol. The van der Waals surface area contributed by atoms with Crippen molar-refractivity contribution < 1.29 is 4.74 Å². The second-order valence-corrected chi connectivity index (χ2v) is 5.44. The second-order valence-electron chi connectivity index (χ2n) is 5.44. The Kier molecular flexibility index (Phi) is 6.89. The molecule has 1 atom stereocenters. The van der Waals surface area contributed by atoms with E-state index in [1.165, 1.54) is 11.3 Å². The number of hydrogen-bond acceptors (Lipinski definition) is 3. The maximum atomic E-state index is 6.05. The average molecular weight is 264 g/mol. The van der Waals surface area contributed by atoms with Crippen LogP contribution in [0, 0.1) is 5.92 Å². The molecule has 0 fully saturated rings. The highest BCUT2D eigenvalue weighted by atomic mass is 16.5. The number of anilines is 1. The van der Waals surface area contributed by atoms with Crippen LogP contribution in [0.25, 0.3) is 0 Å². The Morgan fingerprint density at radius 3 is 2.32 bits per heavy atom. The summed E-state index contributed by atoms with van der Waals surface area (Å²) in [6.45, 7) is 9.31. The van der Waals surface area contributed by atoms with Crippen LogP contribution in [0.4, 0.5) is 5.69 Å². The van der Waals surface area contributed by atoms with E-state index >= 15 is 0 Å². The predicted molar refractivity (Wildman–Crippen MR) is 82.6 cm³/mol. The minimum absolute atomic E-state index is 0.145. The number of nitrogens with zero attached hydrogens (tertiary/aromatic N) is 1. The van der Waals surface area contributed by atoms with E-state index in [1.807, 2.05) is 0 Å². The van der Waals surface area contributed by atoms with E-state index in [0.29, 0.717) is 5.92 Å². The van der Waals surface area contributed by atoms with Crippen LogP contribution in [0.3, 0.4) is 0 Å². The lowest BCUT2D eigenvalue weighted by Crippen LogP contribution is -2.30. The Bertz CT molecular complexity index is 348. The molecule has 1 aromatic carbocycles. The lowest BCUT2D eigenvalue weighted by atomic mass is 10.0. The van der Waals surface area contributed by atoms with Crippen LogP contribution >= 0.6 is 0 Å². The minimum atomic E-state index is 0.145. The molecule has 1 rings (SSSR count). The molecule has 0 aliphatic rings. The largest absolute Gasteiger partial charge is 0.383 e. The highest BCUT2D eigenvalue weighted by molar-refractivity contribution is 5.48. The summed E-state index contributed by atoms with van der Waals surface area (Å²) in [6.07, 6.45) is 0.971. The number of hydrogen-bond donors (Lipinski definition) is 1. The number of rotatable bonds is 8. The fourth-order valence-corrected chi connectivity index (χ4v) is 2.14. The monoisotopic (exact) mass is 264 g/mol. The zero-order chi connectivity index (χ0) is 14.3. The normalized spacial score (nSPS) is 12.7. The van der Waals surface area contributed by atoms with Crippen molar-refractivity contribution in [2.24, 2.45) is 11.7 Å². The summed E-state index contributed by atoms with van der Waals surface area (Å²) >= 11 is 0. The van der Waals surface area contributed by atoms with E-state index in [-0.39, 0.29) is 6.04 Å². The first-order chi connectivity index (χ1) is 9.08. The van der Waals surface area contributed by atoms with Gasteiger partial charge in [-0.1, -0.05) is 32.9 Å². The van der Waals surface area contributed by atoms with Crippen molar-refractivity contribution in [1.29, 1.82) is 0 Å². The van der Waals surface area contributed by atoms with Crippen LogP contribution in [0.1, 0.15) is 38.8 Å². The molecule has 19 heavy (non-hydrogen) atoms. The second kappa shape index (κ2) is 8.18. The number of methoxy groups -OCH3 is 1. The maximum absolute atomic E-state index is 6.05. The van der Waals surface area contributed by atoms with Crippen molar-refractivity contribution >= 4 is 5.69 Å². The maximum Gasteiger partial charge on any atom is 0.0637 e. The molecule has 0 aliphatic heterocycles. The molecule has 0 saturated heterocycles. The number of nitrogens with two attached hydrogens (primary N) is 1. The summed E-state index contributed by atoms with van der Waals surface area (Å²) in [5, 5.41) is 0. The number of ether oxygens (including phenoxy) is 1. The van der Waals surface area contributed by atoms with Gasteiger partial charge in [0.1, 0.15) is 0 Å². The Labute approximate surface area is 117 Å². The van der Waals surface area contributed by atoms with Gasteiger partial charge in [-0.05, 0) is 30.0 Å². The molecule has 0 aliphatic carbocycles. The van der Waals surface area contributed by atoms with Gasteiger partial charge in [-0.2, -0.15) is 0 Å². The fraction of sp³-hybridized carbons (Fsp3) is 0.625. The lowest BCUT2D eigenvalue weighted by molar-refractivity contribution is 0.204. The topological polar surface area (TPSA) is 38.5 Å². The van der Waals surface area contributed by atoms with Crippen LogP contribution < -0.4 is 10.6 Å². The van der Waals surface area contributed by atoms with Gasteiger partial charge in [0.15, 0.2) is 0 Å².